The van der Waals surface area contributed by atoms with Crippen LogP contribution in [0.1, 0.15) is 46.8 Å². The minimum absolute atomic E-state index is 0.121. The van der Waals surface area contributed by atoms with Crippen molar-refractivity contribution in [2.45, 2.75) is 44.8 Å². The van der Waals surface area contributed by atoms with Gasteiger partial charge in [-0.3, -0.25) is 0 Å². The first-order valence-electron chi connectivity index (χ1n) is 10.5. The summed E-state index contributed by atoms with van der Waals surface area (Å²) < 4.78 is 80.4. The molecule has 7 nitrogen and oxygen atoms in total. The lowest BCUT2D eigenvalue weighted by atomic mass is 10.0. The number of hydrogen-bond donors (Lipinski definition) is 2. The maximum Gasteiger partial charge on any atom is 0.434 e. The molecular formula is C22H18F6N6OS. The first kappa shape index (κ1) is 25.6. The summed E-state index contributed by atoms with van der Waals surface area (Å²) in [5.74, 6) is 0.222. The predicted molar refractivity (Wildman–Crippen MR) is 119 cm³/mol. The van der Waals surface area contributed by atoms with Crippen molar-refractivity contribution in [3.63, 3.8) is 0 Å². The van der Waals surface area contributed by atoms with Crippen molar-refractivity contribution in [3.05, 3.63) is 57.5 Å². The molecule has 36 heavy (non-hydrogen) atoms. The second-order valence-electron chi connectivity index (χ2n) is 8.54. The molecular weight excluding hydrogens is 510 g/mol. The zero-order chi connectivity index (χ0) is 26.5. The van der Waals surface area contributed by atoms with Crippen molar-refractivity contribution < 1.29 is 31.4 Å². The van der Waals surface area contributed by atoms with Crippen LogP contribution in [-0.4, -0.2) is 26.6 Å². The van der Waals surface area contributed by atoms with Gasteiger partial charge in [0.2, 0.25) is 0 Å². The Balaban J connectivity index is 1.63. The molecule has 0 bridgehead atoms. The lowest BCUT2D eigenvalue weighted by molar-refractivity contribution is -0.143. The highest BCUT2D eigenvalue weighted by atomic mass is 32.1. The number of rotatable bonds is 4. The average Bonchev–Trinajstić information content (AvgIpc) is 3.23. The van der Waals surface area contributed by atoms with E-state index in [1.54, 1.807) is 11.0 Å². The molecule has 1 aliphatic rings. The molecule has 190 valence electrons. The van der Waals surface area contributed by atoms with E-state index in [2.05, 4.69) is 20.3 Å². The topological polar surface area (TPSA) is 98.0 Å². The molecule has 0 spiro atoms. The third-order valence-electron chi connectivity index (χ3n) is 5.48. The van der Waals surface area contributed by atoms with Crippen molar-refractivity contribution in [2.24, 2.45) is 0 Å². The Kier molecular flexibility index (Phi) is 6.34. The first-order chi connectivity index (χ1) is 16.7. The van der Waals surface area contributed by atoms with Crippen LogP contribution < -0.4 is 10.2 Å². The molecule has 14 heteroatoms. The maximum absolute atomic E-state index is 13.4. The van der Waals surface area contributed by atoms with Crippen molar-refractivity contribution >= 4 is 28.0 Å². The van der Waals surface area contributed by atoms with Gasteiger partial charge in [-0.1, -0.05) is 11.3 Å². The zero-order valence-corrected chi connectivity index (χ0v) is 19.6. The van der Waals surface area contributed by atoms with Crippen LogP contribution in [0.3, 0.4) is 0 Å². The largest absolute Gasteiger partial charge is 0.434 e. The number of aromatic nitrogens is 3. The monoisotopic (exact) mass is 528 g/mol. The Morgan fingerprint density at radius 1 is 1.11 bits per heavy atom. The predicted octanol–water partition coefficient (Wildman–Crippen LogP) is 5.38. The van der Waals surface area contributed by atoms with Crippen LogP contribution in [-0.2, 0) is 30.9 Å². The van der Waals surface area contributed by atoms with Crippen LogP contribution in [0.4, 0.5) is 43.0 Å². The third kappa shape index (κ3) is 5.07. The molecule has 2 aromatic heterocycles. The van der Waals surface area contributed by atoms with E-state index in [4.69, 9.17) is 5.26 Å². The van der Waals surface area contributed by atoms with Crippen LogP contribution in [0.15, 0.2) is 24.5 Å². The summed E-state index contributed by atoms with van der Waals surface area (Å²) >= 11 is 0.648. The molecule has 0 atom stereocenters. The van der Waals surface area contributed by atoms with Crippen molar-refractivity contribution in [1.29, 1.82) is 5.26 Å². The van der Waals surface area contributed by atoms with Gasteiger partial charge in [0.15, 0.2) is 10.8 Å². The average molecular weight is 528 g/mol. The van der Waals surface area contributed by atoms with Gasteiger partial charge in [0.05, 0.1) is 39.9 Å². The molecule has 1 aliphatic heterocycles. The van der Waals surface area contributed by atoms with E-state index >= 15 is 0 Å². The Bertz CT molecular complexity index is 1310. The van der Waals surface area contributed by atoms with E-state index in [0.717, 1.165) is 12.1 Å². The Hall–Kier alpha value is -3.44. The number of alkyl halides is 6. The Morgan fingerprint density at radius 2 is 1.83 bits per heavy atom. The van der Waals surface area contributed by atoms with Gasteiger partial charge in [-0.15, -0.1) is 0 Å². The molecule has 0 saturated heterocycles. The van der Waals surface area contributed by atoms with Gasteiger partial charge in [0.25, 0.3) is 0 Å². The van der Waals surface area contributed by atoms with Crippen LogP contribution in [0.2, 0.25) is 0 Å². The number of hydrogen-bond acceptors (Lipinski definition) is 8. The number of benzene rings is 1. The molecule has 0 saturated carbocycles. The number of aliphatic hydroxyl groups is 1. The molecule has 2 N–H and O–H groups in total. The lowest BCUT2D eigenvalue weighted by Gasteiger charge is -2.31. The minimum atomic E-state index is -4.77. The Labute approximate surface area is 205 Å². The maximum atomic E-state index is 13.4. The van der Waals surface area contributed by atoms with E-state index in [0.29, 0.717) is 22.6 Å². The van der Waals surface area contributed by atoms with Gasteiger partial charge in [0.1, 0.15) is 12.1 Å². The number of nitrogens with one attached hydrogen (secondary N) is 1. The number of nitrogens with zero attached hydrogens (tertiary/aromatic N) is 5. The minimum Gasteiger partial charge on any atom is -0.385 e. The first-order valence-corrected chi connectivity index (χ1v) is 11.3. The SMILES string of the molecule is CC(C)(O)c1sc(Nc2ncnc3c2CCN(c2ccc(C#N)c(C(F)(F)F)c2)C3)nc1C(F)(F)F. The molecule has 3 heterocycles. The van der Waals surface area contributed by atoms with E-state index in [1.165, 1.54) is 26.2 Å². The van der Waals surface area contributed by atoms with Crippen LogP contribution in [0, 0.1) is 11.3 Å². The summed E-state index contributed by atoms with van der Waals surface area (Å²) in [5, 5.41) is 21.8. The van der Waals surface area contributed by atoms with Crippen molar-refractivity contribution in [3.8, 4) is 6.07 Å². The molecule has 0 unspecified atom stereocenters. The highest BCUT2D eigenvalue weighted by Gasteiger charge is 2.41. The molecule has 0 aliphatic carbocycles. The molecule has 0 radical (unpaired) electrons. The fourth-order valence-corrected chi connectivity index (χ4v) is 4.81. The van der Waals surface area contributed by atoms with Gasteiger partial charge in [-0.2, -0.15) is 31.6 Å². The number of thiazole rings is 1. The molecule has 1 aromatic carbocycles. The van der Waals surface area contributed by atoms with E-state index in [9.17, 15) is 31.4 Å². The number of nitriles is 1. The third-order valence-corrected chi connectivity index (χ3v) is 6.76. The van der Waals surface area contributed by atoms with E-state index in [1.807, 2.05) is 0 Å². The van der Waals surface area contributed by atoms with Crippen molar-refractivity contribution in [1.82, 2.24) is 15.0 Å². The number of anilines is 3. The van der Waals surface area contributed by atoms with E-state index in [-0.39, 0.29) is 41.0 Å². The smallest absolute Gasteiger partial charge is 0.385 e. The fraction of sp³-hybridized carbons (Fsp3) is 0.364. The second-order valence-corrected chi connectivity index (χ2v) is 9.54. The summed E-state index contributed by atoms with van der Waals surface area (Å²) in [7, 11) is 0. The molecule has 4 rings (SSSR count). The van der Waals surface area contributed by atoms with Gasteiger partial charge in [-0.25, -0.2) is 15.0 Å². The Morgan fingerprint density at radius 3 is 2.42 bits per heavy atom. The molecule has 0 fully saturated rings. The summed E-state index contributed by atoms with van der Waals surface area (Å²) in [5.41, 5.74) is -3.17. The summed E-state index contributed by atoms with van der Waals surface area (Å²) in [4.78, 5) is 13.2. The van der Waals surface area contributed by atoms with Crippen LogP contribution in [0.5, 0.6) is 0 Å². The van der Waals surface area contributed by atoms with Crippen LogP contribution in [0.25, 0.3) is 0 Å². The van der Waals surface area contributed by atoms with Crippen LogP contribution >= 0.6 is 11.3 Å². The fourth-order valence-electron chi connectivity index (χ4n) is 3.83. The lowest BCUT2D eigenvalue weighted by Crippen LogP contribution is -2.32. The summed E-state index contributed by atoms with van der Waals surface area (Å²) in [6.07, 6.45) is -7.98. The number of fused-ring (bicyclic) bond motifs is 1. The van der Waals surface area contributed by atoms with Gasteiger partial charge < -0.3 is 15.3 Å². The molecule has 0 amide bonds. The van der Waals surface area contributed by atoms with Gasteiger partial charge >= 0.3 is 12.4 Å². The van der Waals surface area contributed by atoms with Gasteiger partial charge in [-0.05, 0) is 38.5 Å². The molecule has 3 aromatic rings. The van der Waals surface area contributed by atoms with E-state index < -0.39 is 34.8 Å². The zero-order valence-electron chi connectivity index (χ0n) is 18.8. The van der Waals surface area contributed by atoms with Crippen molar-refractivity contribution in [2.75, 3.05) is 16.8 Å². The standard InChI is InChI=1S/C22H18F6N6OS/c1-20(2,35)17-16(22(26,27)28)32-19(36-17)33-18-13-5-6-34(9-15(13)30-10-31-18)12-4-3-11(8-29)14(7-12)21(23,24)25/h3-4,7,10,35H,5-6,9H2,1-2H3,(H,30,31,32,33). The second kappa shape index (κ2) is 8.90. The quantitative estimate of drug-likeness (QED) is 0.439. The summed E-state index contributed by atoms with van der Waals surface area (Å²) in [6.45, 7) is 2.86. The summed E-state index contributed by atoms with van der Waals surface area (Å²) in [6, 6.07) is 4.99. The normalized spacial score (nSPS) is 14.4. The highest BCUT2D eigenvalue weighted by Crippen LogP contribution is 2.42. The van der Waals surface area contributed by atoms with Gasteiger partial charge in [0, 0.05) is 17.8 Å². The highest BCUT2D eigenvalue weighted by molar-refractivity contribution is 7.16. The number of halogens is 6.